The second-order valence-electron chi connectivity index (χ2n) is 10.3. The topological polar surface area (TPSA) is 129 Å². The highest BCUT2D eigenvalue weighted by Gasteiger charge is 2.21. The Labute approximate surface area is 227 Å². The second-order valence-corrected chi connectivity index (χ2v) is 10.3. The first-order valence-electron chi connectivity index (χ1n) is 13.5. The molecule has 1 saturated carbocycles. The Morgan fingerprint density at radius 2 is 1.97 bits per heavy atom. The van der Waals surface area contributed by atoms with Crippen molar-refractivity contribution in [3.63, 3.8) is 0 Å². The number of ether oxygens (including phenoxy) is 2. The van der Waals surface area contributed by atoms with E-state index in [0.29, 0.717) is 55.9 Å². The first kappa shape index (κ1) is 26.6. The van der Waals surface area contributed by atoms with Crippen molar-refractivity contribution in [2.45, 2.75) is 45.6 Å². The number of anilines is 2. The Bertz CT molecular complexity index is 1340. The molecule has 2 aliphatic heterocycles. The van der Waals surface area contributed by atoms with Gasteiger partial charge in [-0.3, -0.25) is 14.9 Å². The van der Waals surface area contributed by atoms with Crippen LogP contribution in [0.1, 0.15) is 54.9 Å². The number of aromatic nitrogens is 2. The third-order valence-corrected chi connectivity index (χ3v) is 7.24. The van der Waals surface area contributed by atoms with Gasteiger partial charge in [0.15, 0.2) is 0 Å². The molecule has 10 heteroatoms. The van der Waals surface area contributed by atoms with Gasteiger partial charge in [-0.2, -0.15) is 0 Å². The van der Waals surface area contributed by atoms with E-state index < -0.39 is 4.92 Å². The molecule has 3 heterocycles. The SMILES string of the molecule is CC1CCNC(=O)c2ccc(c([N+](=O)[O-])c2)-c2ccnc(n2)Nc2ccc(OCC3CCCC3)c(c2)COC1. The summed E-state index contributed by atoms with van der Waals surface area (Å²) >= 11 is 0. The minimum absolute atomic E-state index is 0.196. The van der Waals surface area contributed by atoms with Crippen molar-refractivity contribution in [2.75, 3.05) is 25.1 Å². The van der Waals surface area contributed by atoms with Crippen LogP contribution in [0.2, 0.25) is 0 Å². The predicted molar refractivity (Wildman–Crippen MR) is 147 cm³/mol. The normalized spacial score (nSPS) is 18.4. The Balaban J connectivity index is 1.47. The van der Waals surface area contributed by atoms with Gasteiger partial charge in [0.25, 0.3) is 11.6 Å². The molecule has 3 aromatic rings. The number of amides is 1. The van der Waals surface area contributed by atoms with Gasteiger partial charge in [0.1, 0.15) is 5.75 Å². The Morgan fingerprint density at radius 1 is 1.13 bits per heavy atom. The average molecular weight is 532 g/mol. The summed E-state index contributed by atoms with van der Waals surface area (Å²) in [6, 6.07) is 11.8. The number of carbonyl (C=O) groups is 1. The molecule has 1 aromatic heterocycles. The monoisotopic (exact) mass is 531 g/mol. The van der Waals surface area contributed by atoms with Gasteiger partial charge in [0, 0.05) is 42.2 Å². The van der Waals surface area contributed by atoms with Crippen LogP contribution in [0, 0.1) is 22.0 Å². The second kappa shape index (κ2) is 12.2. The Morgan fingerprint density at radius 3 is 2.79 bits per heavy atom. The van der Waals surface area contributed by atoms with Crippen LogP contribution in [0.25, 0.3) is 11.3 Å². The fourth-order valence-corrected chi connectivity index (χ4v) is 5.02. The summed E-state index contributed by atoms with van der Waals surface area (Å²) in [6.07, 6.45) is 7.18. The van der Waals surface area contributed by atoms with Gasteiger partial charge < -0.3 is 20.1 Å². The number of carbonyl (C=O) groups excluding carboxylic acids is 1. The molecule has 0 spiro atoms. The predicted octanol–water partition coefficient (Wildman–Crippen LogP) is 5.65. The molecule has 6 bridgehead atoms. The molecule has 1 amide bonds. The molecule has 2 N–H and O–H groups in total. The van der Waals surface area contributed by atoms with Gasteiger partial charge in [-0.05, 0) is 67.5 Å². The number of nitro groups is 1. The van der Waals surface area contributed by atoms with Crippen molar-refractivity contribution >= 4 is 23.2 Å². The lowest BCUT2D eigenvalue weighted by molar-refractivity contribution is -0.384. The highest BCUT2D eigenvalue weighted by Crippen LogP contribution is 2.32. The van der Waals surface area contributed by atoms with Crippen LogP contribution in [0.15, 0.2) is 48.7 Å². The van der Waals surface area contributed by atoms with E-state index in [1.807, 2.05) is 18.2 Å². The van der Waals surface area contributed by atoms with Gasteiger partial charge in [0.05, 0.1) is 29.4 Å². The molecule has 10 nitrogen and oxygen atoms in total. The lowest BCUT2D eigenvalue weighted by Crippen LogP contribution is -2.26. The van der Waals surface area contributed by atoms with Crippen LogP contribution in [0.3, 0.4) is 0 Å². The standard InChI is InChI=1S/C29H33N5O5/c1-19-10-12-30-28(35)21-6-8-24(26(15-21)34(36)37)25-11-13-31-29(33-25)32-23-7-9-27(22(14-23)18-38-16-19)39-17-20-4-2-3-5-20/h6-9,11,13-15,19-20H,2-5,10,12,16-18H2,1H3,(H,30,35)(H,31,32,33). The van der Waals surface area contributed by atoms with Crippen LogP contribution in [-0.4, -0.2) is 40.6 Å². The molecule has 0 saturated heterocycles. The zero-order valence-electron chi connectivity index (χ0n) is 22.0. The van der Waals surface area contributed by atoms with E-state index in [-0.39, 0.29) is 23.1 Å². The number of nitrogens with one attached hydrogen (secondary N) is 2. The molecule has 2 aromatic carbocycles. The van der Waals surface area contributed by atoms with E-state index in [2.05, 4.69) is 27.5 Å². The van der Waals surface area contributed by atoms with Gasteiger partial charge >= 0.3 is 0 Å². The number of nitro benzene ring substituents is 1. The lowest BCUT2D eigenvalue weighted by Gasteiger charge is -2.17. The first-order chi connectivity index (χ1) is 19.0. The van der Waals surface area contributed by atoms with Gasteiger partial charge in [0.2, 0.25) is 5.95 Å². The molecule has 39 heavy (non-hydrogen) atoms. The lowest BCUT2D eigenvalue weighted by atomic mass is 10.1. The highest BCUT2D eigenvalue weighted by molar-refractivity contribution is 5.96. The summed E-state index contributed by atoms with van der Waals surface area (Å²) in [5.74, 6) is 1.51. The number of hydrogen-bond donors (Lipinski definition) is 2. The molecule has 6 rings (SSSR count). The van der Waals surface area contributed by atoms with Crippen molar-refractivity contribution in [1.82, 2.24) is 15.3 Å². The third-order valence-electron chi connectivity index (χ3n) is 7.24. The van der Waals surface area contributed by atoms with E-state index in [1.165, 1.54) is 31.7 Å². The summed E-state index contributed by atoms with van der Waals surface area (Å²) in [5.41, 5.74) is 2.37. The minimum atomic E-state index is -0.500. The molecule has 1 fully saturated rings. The van der Waals surface area contributed by atoms with E-state index in [9.17, 15) is 14.9 Å². The number of rotatable bonds is 4. The van der Waals surface area contributed by atoms with E-state index >= 15 is 0 Å². The number of nitrogens with zero attached hydrogens (tertiary/aromatic N) is 3. The molecular weight excluding hydrogens is 498 g/mol. The fraction of sp³-hybridized carbons (Fsp3) is 0.414. The number of fused-ring (bicyclic) bond motifs is 9. The molecule has 0 radical (unpaired) electrons. The van der Waals surface area contributed by atoms with Crippen LogP contribution >= 0.6 is 0 Å². The van der Waals surface area contributed by atoms with Crippen LogP contribution in [0.5, 0.6) is 5.75 Å². The summed E-state index contributed by atoms with van der Waals surface area (Å²) in [6.45, 7) is 4.08. The third kappa shape index (κ3) is 6.69. The summed E-state index contributed by atoms with van der Waals surface area (Å²) in [5, 5.41) is 18.0. The van der Waals surface area contributed by atoms with Gasteiger partial charge in [-0.25, -0.2) is 9.97 Å². The van der Waals surface area contributed by atoms with Crippen molar-refractivity contribution in [3.05, 3.63) is 69.9 Å². The van der Waals surface area contributed by atoms with Crippen molar-refractivity contribution < 1.29 is 19.2 Å². The van der Waals surface area contributed by atoms with Crippen molar-refractivity contribution in [3.8, 4) is 17.0 Å². The van der Waals surface area contributed by atoms with E-state index in [1.54, 1.807) is 24.4 Å². The zero-order chi connectivity index (χ0) is 27.2. The van der Waals surface area contributed by atoms with E-state index in [0.717, 1.165) is 17.0 Å². The fourth-order valence-electron chi connectivity index (χ4n) is 5.02. The van der Waals surface area contributed by atoms with E-state index in [4.69, 9.17) is 9.47 Å². The molecule has 1 aliphatic carbocycles. The molecule has 204 valence electrons. The zero-order valence-corrected chi connectivity index (χ0v) is 22.0. The maximum absolute atomic E-state index is 12.7. The Hall–Kier alpha value is -4.05. The summed E-state index contributed by atoms with van der Waals surface area (Å²) in [4.78, 5) is 32.9. The molecule has 1 atom stereocenters. The maximum Gasteiger partial charge on any atom is 0.279 e. The minimum Gasteiger partial charge on any atom is -0.493 e. The van der Waals surface area contributed by atoms with Crippen LogP contribution in [-0.2, 0) is 11.3 Å². The van der Waals surface area contributed by atoms with Gasteiger partial charge in [-0.1, -0.05) is 19.8 Å². The maximum atomic E-state index is 12.7. The first-order valence-corrected chi connectivity index (χ1v) is 13.5. The smallest absolute Gasteiger partial charge is 0.279 e. The van der Waals surface area contributed by atoms with Crippen LogP contribution in [0.4, 0.5) is 17.3 Å². The number of hydrogen-bond acceptors (Lipinski definition) is 8. The molecule has 3 aliphatic rings. The summed E-state index contributed by atoms with van der Waals surface area (Å²) < 4.78 is 12.3. The van der Waals surface area contributed by atoms with Crippen molar-refractivity contribution in [2.24, 2.45) is 11.8 Å². The summed E-state index contributed by atoms with van der Waals surface area (Å²) in [7, 11) is 0. The van der Waals surface area contributed by atoms with Crippen molar-refractivity contribution in [1.29, 1.82) is 0 Å². The largest absolute Gasteiger partial charge is 0.493 e. The average Bonchev–Trinajstić information content (AvgIpc) is 3.46. The quantitative estimate of drug-likeness (QED) is 0.326. The van der Waals surface area contributed by atoms with Gasteiger partial charge in [-0.15, -0.1) is 0 Å². The molecular formula is C29H33N5O5. The highest BCUT2D eigenvalue weighted by atomic mass is 16.6. The molecule has 1 unspecified atom stereocenters. The van der Waals surface area contributed by atoms with Crippen LogP contribution < -0.4 is 15.4 Å². The Kier molecular flexibility index (Phi) is 8.31. The number of benzene rings is 2.